The molecule has 0 saturated carbocycles. The molecule has 2 N–H and O–H groups in total. The van der Waals surface area contributed by atoms with Crippen molar-refractivity contribution in [2.24, 2.45) is 5.73 Å². The molecule has 1 aromatic carbocycles. The summed E-state index contributed by atoms with van der Waals surface area (Å²) in [6, 6.07) is 5.66. The lowest BCUT2D eigenvalue weighted by Crippen LogP contribution is -2.48. The molecular formula is C14H20ClN3O2. The van der Waals surface area contributed by atoms with Crippen LogP contribution in [0.4, 0.5) is 0 Å². The van der Waals surface area contributed by atoms with E-state index in [-0.39, 0.29) is 5.91 Å². The molecule has 20 heavy (non-hydrogen) atoms. The SMILES string of the molecule is COc1ccc(Cl)cc1CN1CCN(CC(N)=O)CC1. The fourth-order valence-electron chi connectivity index (χ4n) is 2.44. The largest absolute Gasteiger partial charge is 0.496 e. The van der Waals surface area contributed by atoms with Crippen LogP contribution in [0.2, 0.25) is 5.02 Å². The lowest BCUT2D eigenvalue weighted by atomic mass is 10.1. The zero-order chi connectivity index (χ0) is 14.5. The number of hydrogen-bond acceptors (Lipinski definition) is 4. The zero-order valence-corrected chi connectivity index (χ0v) is 12.4. The summed E-state index contributed by atoms with van der Waals surface area (Å²) in [4.78, 5) is 15.3. The second-order valence-corrected chi connectivity index (χ2v) is 5.41. The number of benzene rings is 1. The first-order valence-electron chi connectivity index (χ1n) is 6.64. The number of nitrogens with zero attached hydrogens (tertiary/aromatic N) is 2. The molecule has 0 aromatic heterocycles. The lowest BCUT2D eigenvalue weighted by molar-refractivity contribution is -0.119. The van der Waals surface area contributed by atoms with Crippen molar-refractivity contribution in [1.29, 1.82) is 0 Å². The van der Waals surface area contributed by atoms with Crippen LogP contribution in [0.1, 0.15) is 5.56 Å². The van der Waals surface area contributed by atoms with Crippen LogP contribution in [0, 0.1) is 0 Å². The van der Waals surface area contributed by atoms with Crippen LogP contribution >= 0.6 is 11.6 Å². The van der Waals surface area contributed by atoms with Gasteiger partial charge in [0.15, 0.2) is 0 Å². The van der Waals surface area contributed by atoms with Gasteiger partial charge in [0.05, 0.1) is 13.7 Å². The number of hydrogen-bond donors (Lipinski definition) is 1. The van der Waals surface area contributed by atoms with E-state index in [1.165, 1.54) is 0 Å². The van der Waals surface area contributed by atoms with Crippen molar-refractivity contribution < 1.29 is 9.53 Å². The number of ether oxygens (including phenoxy) is 1. The molecule has 5 nitrogen and oxygen atoms in total. The minimum atomic E-state index is -0.269. The smallest absolute Gasteiger partial charge is 0.231 e. The summed E-state index contributed by atoms with van der Waals surface area (Å²) in [5.41, 5.74) is 6.30. The van der Waals surface area contributed by atoms with Gasteiger partial charge in [0.25, 0.3) is 0 Å². The van der Waals surface area contributed by atoms with Gasteiger partial charge in [-0.15, -0.1) is 0 Å². The van der Waals surface area contributed by atoms with E-state index in [1.807, 2.05) is 18.2 Å². The van der Waals surface area contributed by atoms with Crippen LogP contribution in [0.3, 0.4) is 0 Å². The van der Waals surface area contributed by atoms with Crippen molar-refractivity contribution in [3.05, 3.63) is 28.8 Å². The minimum absolute atomic E-state index is 0.269. The standard InChI is InChI=1S/C14H20ClN3O2/c1-20-13-3-2-12(15)8-11(13)9-17-4-6-18(7-5-17)10-14(16)19/h2-3,8H,4-7,9-10H2,1H3,(H2,16,19). The third-order valence-electron chi connectivity index (χ3n) is 3.48. The molecule has 1 heterocycles. The van der Waals surface area contributed by atoms with E-state index in [0.717, 1.165) is 44.0 Å². The topological polar surface area (TPSA) is 58.8 Å². The number of piperazine rings is 1. The monoisotopic (exact) mass is 297 g/mol. The number of halogens is 1. The number of primary amides is 1. The number of carbonyl (C=O) groups excluding carboxylic acids is 1. The van der Waals surface area contributed by atoms with E-state index >= 15 is 0 Å². The first-order valence-corrected chi connectivity index (χ1v) is 7.01. The molecule has 1 aliphatic heterocycles. The number of methoxy groups -OCH3 is 1. The Morgan fingerprint density at radius 2 is 1.95 bits per heavy atom. The molecule has 1 aliphatic rings. The highest BCUT2D eigenvalue weighted by Crippen LogP contribution is 2.24. The summed E-state index contributed by atoms with van der Waals surface area (Å²) < 4.78 is 5.36. The molecule has 1 fully saturated rings. The molecule has 1 saturated heterocycles. The Labute approximate surface area is 124 Å². The normalized spacial score (nSPS) is 17.1. The predicted molar refractivity (Wildman–Crippen MR) is 78.9 cm³/mol. The highest BCUT2D eigenvalue weighted by Gasteiger charge is 2.19. The predicted octanol–water partition coefficient (Wildman–Crippen LogP) is 0.951. The molecule has 6 heteroatoms. The van der Waals surface area contributed by atoms with Gasteiger partial charge in [0.2, 0.25) is 5.91 Å². The van der Waals surface area contributed by atoms with Crippen LogP contribution < -0.4 is 10.5 Å². The van der Waals surface area contributed by atoms with Crippen LogP contribution in [-0.4, -0.2) is 55.5 Å². The first-order chi connectivity index (χ1) is 9.58. The van der Waals surface area contributed by atoms with Crippen LogP contribution in [-0.2, 0) is 11.3 Å². The van der Waals surface area contributed by atoms with E-state index in [0.29, 0.717) is 11.6 Å². The summed E-state index contributed by atoms with van der Waals surface area (Å²) >= 11 is 6.04. The molecule has 0 spiro atoms. The molecular weight excluding hydrogens is 278 g/mol. The molecule has 0 unspecified atom stereocenters. The van der Waals surface area contributed by atoms with Crippen molar-refractivity contribution >= 4 is 17.5 Å². The Bertz CT molecular complexity index is 473. The van der Waals surface area contributed by atoms with E-state index in [9.17, 15) is 4.79 Å². The van der Waals surface area contributed by atoms with Crippen LogP contribution in [0.25, 0.3) is 0 Å². The third-order valence-corrected chi connectivity index (χ3v) is 3.72. The van der Waals surface area contributed by atoms with Gasteiger partial charge in [0.1, 0.15) is 5.75 Å². The Balaban J connectivity index is 1.92. The molecule has 2 rings (SSSR count). The van der Waals surface area contributed by atoms with Gasteiger partial charge >= 0.3 is 0 Å². The molecule has 0 atom stereocenters. The number of nitrogens with two attached hydrogens (primary N) is 1. The molecule has 1 aromatic rings. The summed E-state index contributed by atoms with van der Waals surface area (Å²) in [6.45, 7) is 4.66. The van der Waals surface area contributed by atoms with Gasteiger partial charge < -0.3 is 10.5 Å². The summed E-state index contributed by atoms with van der Waals surface area (Å²) in [5.74, 6) is 0.587. The van der Waals surface area contributed by atoms with Gasteiger partial charge in [-0.2, -0.15) is 0 Å². The molecule has 1 amide bonds. The maximum atomic E-state index is 10.9. The fraction of sp³-hybridized carbons (Fsp3) is 0.500. The molecule has 0 radical (unpaired) electrons. The Kier molecular flexibility index (Phi) is 5.23. The van der Waals surface area contributed by atoms with E-state index in [2.05, 4.69) is 9.80 Å². The van der Waals surface area contributed by atoms with E-state index < -0.39 is 0 Å². The van der Waals surface area contributed by atoms with Crippen molar-refractivity contribution in [3.63, 3.8) is 0 Å². The average Bonchev–Trinajstić information content (AvgIpc) is 2.41. The number of amides is 1. The molecule has 0 aliphatic carbocycles. The number of carbonyl (C=O) groups is 1. The maximum Gasteiger partial charge on any atom is 0.231 e. The summed E-state index contributed by atoms with van der Waals surface area (Å²) in [7, 11) is 1.66. The Hall–Kier alpha value is -1.30. The van der Waals surface area contributed by atoms with Crippen molar-refractivity contribution in [2.45, 2.75) is 6.54 Å². The lowest BCUT2D eigenvalue weighted by Gasteiger charge is -2.34. The van der Waals surface area contributed by atoms with Gasteiger partial charge in [-0.05, 0) is 18.2 Å². The van der Waals surface area contributed by atoms with Crippen LogP contribution in [0.5, 0.6) is 5.75 Å². The van der Waals surface area contributed by atoms with E-state index in [4.69, 9.17) is 22.1 Å². The second kappa shape index (κ2) is 6.92. The fourth-order valence-corrected chi connectivity index (χ4v) is 2.63. The van der Waals surface area contributed by atoms with Crippen molar-refractivity contribution in [3.8, 4) is 5.75 Å². The Morgan fingerprint density at radius 1 is 1.30 bits per heavy atom. The zero-order valence-electron chi connectivity index (χ0n) is 11.6. The highest BCUT2D eigenvalue weighted by molar-refractivity contribution is 6.30. The minimum Gasteiger partial charge on any atom is -0.496 e. The Morgan fingerprint density at radius 3 is 2.55 bits per heavy atom. The average molecular weight is 298 g/mol. The quantitative estimate of drug-likeness (QED) is 0.879. The molecule has 110 valence electrons. The summed E-state index contributed by atoms with van der Waals surface area (Å²) in [6.07, 6.45) is 0. The van der Waals surface area contributed by atoms with Crippen molar-refractivity contribution in [2.75, 3.05) is 39.8 Å². The van der Waals surface area contributed by atoms with Gasteiger partial charge in [-0.3, -0.25) is 14.6 Å². The van der Waals surface area contributed by atoms with Gasteiger partial charge in [-0.25, -0.2) is 0 Å². The van der Waals surface area contributed by atoms with Gasteiger partial charge in [0, 0.05) is 43.3 Å². The molecule has 0 bridgehead atoms. The van der Waals surface area contributed by atoms with Gasteiger partial charge in [-0.1, -0.05) is 11.6 Å². The number of rotatable bonds is 5. The second-order valence-electron chi connectivity index (χ2n) is 4.97. The maximum absolute atomic E-state index is 10.9. The highest BCUT2D eigenvalue weighted by atomic mass is 35.5. The third kappa shape index (κ3) is 4.10. The van der Waals surface area contributed by atoms with E-state index in [1.54, 1.807) is 7.11 Å². The summed E-state index contributed by atoms with van der Waals surface area (Å²) in [5, 5.41) is 0.716. The van der Waals surface area contributed by atoms with Crippen LogP contribution in [0.15, 0.2) is 18.2 Å². The first kappa shape index (κ1) is 15.1. The van der Waals surface area contributed by atoms with Crippen molar-refractivity contribution in [1.82, 2.24) is 9.80 Å².